The third-order valence-electron chi connectivity index (χ3n) is 19.9. The Hall–Kier alpha value is -9.04. The number of esters is 9. The van der Waals surface area contributed by atoms with Crippen LogP contribution in [0.2, 0.25) is 0 Å². The van der Waals surface area contributed by atoms with Gasteiger partial charge in [-0.15, -0.1) is 0 Å². The predicted molar refractivity (Wildman–Crippen MR) is 425 cm³/mol. The number of nitrogens with zero attached hydrogens (tertiary/aromatic N) is 2. The molecule has 7 N–H and O–H groups in total. The minimum absolute atomic E-state index is 0.0831. The van der Waals surface area contributed by atoms with Crippen molar-refractivity contribution in [1.82, 2.24) is 41.9 Å². The van der Waals surface area contributed by atoms with Crippen molar-refractivity contribution < 1.29 is 171 Å². The Morgan fingerprint density at radius 2 is 0.768 bits per heavy atom. The Balaban J connectivity index is 1.38. The lowest BCUT2D eigenvalue weighted by Gasteiger charge is -2.44. The van der Waals surface area contributed by atoms with Crippen molar-refractivity contribution in [3.63, 3.8) is 0 Å². The van der Waals surface area contributed by atoms with Crippen LogP contribution in [-0.2, 0) is 171 Å². The molecule has 1 saturated carbocycles. The molecule has 45 nitrogen and oxygen atoms in total. The van der Waals surface area contributed by atoms with Gasteiger partial charge in [0.05, 0.1) is 84.7 Å². The number of amides is 7. The molecule has 5 rings (SSSR count). The van der Waals surface area contributed by atoms with Gasteiger partial charge in [0.2, 0.25) is 41.4 Å². The molecule has 706 valence electrons. The molecule has 0 aromatic rings. The van der Waals surface area contributed by atoms with E-state index in [1.54, 1.807) is 0 Å². The fraction of sp³-hybridized carbons (Fsp3) is 0.785. The summed E-state index contributed by atoms with van der Waals surface area (Å²) >= 11 is 0. The van der Waals surface area contributed by atoms with Crippen molar-refractivity contribution in [3.05, 3.63) is 0 Å². The number of carbonyl (C=O) groups excluding carboxylic acids is 16. The van der Waals surface area contributed by atoms with Crippen LogP contribution in [0.4, 0.5) is 0 Å². The zero-order valence-electron chi connectivity index (χ0n) is 73.5. The first kappa shape index (κ1) is 106. The van der Waals surface area contributed by atoms with Crippen LogP contribution >= 0.6 is 8.53 Å². The molecule has 5 aliphatic rings. The van der Waals surface area contributed by atoms with E-state index in [9.17, 15) is 77.2 Å². The summed E-state index contributed by atoms with van der Waals surface area (Å²) in [5.41, 5.74) is -1.49. The van der Waals surface area contributed by atoms with Gasteiger partial charge in [0.25, 0.3) is 8.53 Å². The lowest BCUT2D eigenvalue weighted by molar-refractivity contribution is -0.279. The molecule has 46 heteroatoms. The van der Waals surface area contributed by atoms with E-state index in [0.717, 1.165) is 62.3 Å². The van der Waals surface area contributed by atoms with Crippen LogP contribution in [0.1, 0.15) is 168 Å². The SMILES string of the molecule is CC(=O)NC1C(OCCOCCNC(=O)CCC(CCC(=O)NCCOCCOC2OC(COC(C)=O)C(OC(C)=O)C(OC(C)=O)C2NC(C)=O)(CCC(=O)NCCOCCOC2OC(COC(C)=O)C(OC(C)=O)C(OC(C)=O)C2NC(C)=O)NC(=O)C2CCC3CC2C(C)N(C(C)C)P(OCCC#N)O3)OC(COC(C)=O)C(OC(C)=O)C1OC(C)=O. The molecule has 2 bridgehead atoms. The Bertz CT molecular complexity index is 3340. The maximum absolute atomic E-state index is 15.5. The molecule has 0 aromatic carbocycles. The van der Waals surface area contributed by atoms with Gasteiger partial charge in [0.15, 0.2) is 55.5 Å². The van der Waals surface area contributed by atoms with E-state index >= 15 is 4.79 Å². The van der Waals surface area contributed by atoms with Crippen molar-refractivity contribution >= 4 is 104 Å². The van der Waals surface area contributed by atoms with Crippen molar-refractivity contribution in [2.75, 3.05) is 106 Å². The van der Waals surface area contributed by atoms with Gasteiger partial charge in [-0.25, -0.2) is 4.67 Å². The summed E-state index contributed by atoms with van der Waals surface area (Å²) in [6.45, 7) is 16.5. The van der Waals surface area contributed by atoms with Gasteiger partial charge in [-0.2, -0.15) is 5.26 Å². The third kappa shape index (κ3) is 37.8. The van der Waals surface area contributed by atoms with Crippen molar-refractivity contribution in [2.45, 2.75) is 284 Å². The number of carbonyl (C=O) groups is 16. The zero-order chi connectivity index (χ0) is 92.6. The number of nitriles is 1. The molecule has 20 atom stereocenters. The van der Waals surface area contributed by atoms with Gasteiger partial charge in [-0.3, -0.25) is 76.7 Å². The number of ether oxygens (including phenoxy) is 18. The second kappa shape index (κ2) is 54.9. The highest BCUT2D eigenvalue weighted by Crippen LogP contribution is 2.55. The zero-order valence-corrected chi connectivity index (χ0v) is 74.4. The average molecular weight is 1810 g/mol. The fourth-order valence-corrected chi connectivity index (χ4v) is 16.7. The Kier molecular flexibility index (Phi) is 46.7. The van der Waals surface area contributed by atoms with Crippen LogP contribution in [0.5, 0.6) is 0 Å². The number of hydrogen-bond donors (Lipinski definition) is 7. The lowest BCUT2D eigenvalue weighted by Crippen LogP contribution is -2.66. The largest absolute Gasteiger partial charge is 0.463 e. The van der Waals surface area contributed by atoms with Gasteiger partial charge in [-0.1, -0.05) is 0 Å². The first-order valence-electron chi connectivity index (χ1n) is 41.4. The highest BCUT2D eigenvalue weighted by Gasteiger charge is 2.56. The predicted octanol–water partition coefficient (Wildman–Crippen LogP) is -0.330. The van der Waals surface area contributed by atoms with E-state index in [0.29, 0.717) is 19.3 Å². The minimum atomic E-state index is -1.67. The Morgan fingerprint density at radius 1 is 0.440 bits per heavy atom. The highest BCUT2D eigenvalue weighted by molar-refractivity contribution is 7.44. The summed E-state index contributed by atoms with van der Waals surface area (Å²) in [5, 5.41) is 29.0. The summed E-state index contributed by atoms with van der Waals surface area (Å²) in [4.78, 5) is 206. The van der Waals surface area contributed by atoms with Crippen LogP contribution in [0.15, 0.2) is 0 Å². The van der Waals surface area contributed by atoms with E-state index in [-0.39, 0.29) is 155 Å². The number of nitrogens with one attached hydrogen (secondary N) is 7. The second-order valence-corrected chi connectivity index (χ2v) is 31.8. The topological polar surface area (TPSA) is 569 Å². The molecule has 5 fully saturated rings. The summed E-state index contributed by atoms with van der Waals surface area (Å²) in [5.74, 6) is -11.8. The molecule has 0 aromatic heterocycles. The molecule has 0 radical (unpaired) electrons. The normalized spacial score (nSPS) is 26.9. The van der Waals surface area contributed by atoms with Gasteiger partial charge < -0.3 is 132 Å². The number of fused-ring (bicyclic) bond motifs is 2. The second-order valence-electron chi connectivity index (χ2n) is 30.4. The van der Waals surface area contributed by atoms with Gasteiger partial charge in [-0.05, 0) is 65.2 Å². The first-order chi connectivity index (χ1) is 59.2. The average Bonchev–Trinajstić information content (AvgIpc) is 1.72. The standard InChI is InChI=1S/C79H124N9O36P/c1-43(2)88-44(3)59-39-57(124-125(88)114-29-16-25-80)17-18-58(59)75(104)87-79(22-19-63(101)81-26-30-105-33-36-108-76-66(84-45(4)89)72(118-54(13)98)69(115-51(10)95)60(121-76)40-111-48(7)92,23-20-64(102)82-27-31-106-34-37-109-77-67(85-46(5)90)73(119-55(14)99)70(116-52(11)96)61(122-77)41-112-49(8)93)24-21-65(103)83-28-32-107-35-38-110-78-68(86-47(6)91)74(120-56(15)100)71(117-53(12)97)62(123-78)42-113-50(9)94/h43-44,57-62,66-74,76-78H,16-24,26-42H2,1-15H3,(H,81,101)(H,82,102)(H,83,103)(H,84,89)(H,85,90)(H,86,91)(H,87,104). The molecule has 4 saturated heterocycles. The monoisotopic (exact) mass is 1810 g/mol. The van der Waals surface area contributed by atoms with E-state index in [1.807, 2.05) is 20.8 Å². The van der Waals surface area contributed by atoms with Crippen LogP contribution in [0.3, 0.4) is 0 Å². The van der Waals surface area contributed by atoms with Crippen molar-refractivity contribution in [3.8, 4) is 6.07 Å². The molecule has 125 heavy (non-hydrogen) atoms. The van der Waals surface area contributed by atoms with Gasteiger partial charge >= 0.3 is 53.7 Å². The molecule has 7 amide bonds. The van der Waals surface area contributed by atoms with E-state index in [2.05, 4.69) is 48.0 Å². The summed E-state index contributed by atoms with van der Waals surface area (Å²) in [6, 6.07) is -2.13. The maximum Gasteiger partial charge on any atom is 0.303 e. The van der Waals surface area contributed by atoms with Crippen LogP contribution < -0.4 is 37.2 Å². The number of rotatable bonds is 51. The maximum atomic E-state index is 15.5. The molecule has 4 heterocycles. The van der Waals surface area contributed by atoms with Crippen LogP contribution in [0.25, 0.3) is 0 Å². The highest BCUT2D eigenvalue weighted by atomic mass is 31.2. The van der Waals surface area contributed by atoms with Crippen molar-refractivity contribution in [1.29, 1.82) is 5.26 Å². The molecular weight excluding hydrogens is 1680 g/mol. The summed E-state index contributed by atoms with van der Waals surface area (Å²) < 4.78 is 117. The number of hydrogen-bond acceptors (Lipinski definition) is 38. The van der Waals surface area contributed by atoms with Gasteiger partial charge in [0.1, 0.15) is 56.3 Å². The molecule has 1 aliphatic carbocycles. The van der Waals surface area contributed by atoms with Gasteiger partial charge in [0, 0.05) is 146 Å². The fourth-order valence-electron chi connectivity index (χ4n) is 14.9. The molecule has 4 aliphatic heterocycles. The van der Waals surface area contributed by atoms with Crippen molar-refractivity contribution in [2.24, 2.45) is 11.8 Å². The summed E-state index contributed by atoms with van der Waals surface area (Å²) in [7, 11) is -1.67. The molecule has 20 unspecified atom stereocenters. The van der Waals surface area contributed by atoms with E-state index < -0.39 is 227 Å². The van der Waals surface area contributed by atoms with Crippen LogP contribution in [-0.4, -0.2) is 321 Å². The molecule has 0 spiro atoms. The third-order valence-corrected chi connectivity index (χ3v) is 22.0. The van der Waals surface area contributed by atoms with Crippen LogP contribution in [0, 0.1) is 23.2 Å². The first-order valence-corrected chi connectivity index (χ1v) is 42.5. The van der Waals surface area contributed by atoms with E-state index in [1.165, 1.54) is 20.8 Å². The molecular formula is C79H124N9O36P. The lowest BCUT2D eigenvalue weighted by atomic mass is 9.73. The Labute approximate surface area is 726 Å². The Morgan fingerprint density at radius 3 is 1.06 bits per heavy atom. The minimum Gasteiger partial charge on any atom is -0.463 e. The smallest absolute Gasteiger partial charge is 0.303 e. The quantitative estimate of drug-likeness (QED) is 0.0177. The summed E-state index contributed by atoms with van der Waals surface area (Å²) in [6.07, 6.45) is -16.4. The van der Waals surface area contributed by atoms with E-state index in [4.69, 9.17) is 94.3 Å².